The lowest BCUT2D eigenvalue weighted by atomic mass is 9.89. The molecule has 0 saturated carbocycles. The van der Waals surface area contributed by atoms with E-state index in [0.717, 1.165) is 23.7 Å². The van der Waals surface area contributed by atoms with Crippen molar-refractivity contribution < 1.29 is 19.4 Å². The number of amides is 1. The predicted octanol–water partition coefficient (Wildman–Crippen LogP) is 2.21. The second-order valence-corrected chi connectivity index (χ2v) is 6.22. The molecule has 1 atom stereocenters. The molecule has 0 spiro atoms. The topological polar surface area (TPSA) is 101 Å². The number of carboxylic acid groups (broad SMARTS) is 1. The summed E-state index contributed by atoms with van der Waals surface area (Å²) in [6.45, 7) is 3.92. The standard InChI is InChI=1S/C17H17N3O4/c1-17(2)7-11(10-5-3-4-6-14(10)24-17)20-15(21)12-8-19-13(9-18-12)16(22)23/h3-6,8-9,11H,7H2,1-2H3,(H,20,21)(H,22,23). The first kappa shape index (κ1) is 15.9. The summed E-state index contributed by atoms with van der Waals surface area (Å²) in [5.41, 5.74) is 0.358. The summed E-state index contributed by atoms with van der Waals surface area (Å²) < 4.78 is 5.93. The van der Waals surface area contributed by atoms with Crippen LogP contribution in [0, 0.1) is 0 Å². The van der Waals surface area contributed by atoms with E-state index in [9.17, 15) is 9.59 Å². The van der Waals surface area contributed by atoms with Crippen LogP contribution in [0.3, 0.4) is 0 Å². The molecule has 7 nitrogen and oxygen atoms in total. The number of nitrogens with one attached hydrogen (secondary N) is 1. The van der Waals surface area contributed by atoms with Gasteiger partial charge >= 0.3 is 5.97 Å². The maximum absolute atomic E-state index is 12.4. The van der Waals surface area contributed by atoms with E-state index in [0.29, 0.717) is 6.42 Å². The SMILES string of the molecule is CC1(C)CC(NC(=O)c2cnc(C(=O)O)cn2)c2ccccc2O1. The molecule has 0 fully saturated rings. The molecule has 124 valence electrons. The normalized spacial score (nSPS) is 18.2. The highest BCUT2D eigenvalue weighted by molar-refractivity contribution is 5.93. The number of benzene rings is 1. The summed E-state index contributed by atoms with van der Waals surface area (Å²) in [5, 5.41) is 11.8. The number of nitrogens with zero attached hydrogens (tertiary/aromatic N) is 2. The van der Waals surface area contributed by atoms with Crippen molar-refractivity contribution in [3.63, 3.8) is 0 Å². The molecular formula is C17H17N3O4. The Labute approximate surface area is 138 Å². The van der Waals surface area contributed by atoms with E-state index in [1.165, 1.54) is 0 Å². The van der Waals surface area contributed by atoms with E-state index in [1.807, 2.05) is 38.1 Å². The Hall–Kier alpha value is -2.96. The zero-order valence-corrected chi connectivity index (χ0v) is 13.3. The average Bonchev–Trinajstić information content (AvgIpc) is 2.53. The average molecular weight is 327 g/mol. The Morgan fingerprint density at radius 3 is 2.54 bits per heavy atom. The van der Waals surface area contributed by atoms with Gasteiger partial charge in [-0.3, -0.25) is 4.79 Å². The fourth-order valence-corrected chi connectivity index (χ4v) is 2.72. The van der Waals surface area contributed by atoms with Gasteiger partial charge in [-0.05, 0) is 19.9 Å². The number of rotatable bonds is 3. The van der Waals surface area contributed by atoms with E-state index in [2.05, 4.69) is 15.3 Å². The van der Waals surface area contributed by atoms with Crippen LogP contribution in [0.1, 0.15) is 52.9 Å². The highest BCUT2D eigenvalue weighted by Crippen LogP contribution is 2.39. The van der Waals surface area contributed by atoms with Gasteiger partial charge in [0.1, 0.15) is 17.0 Å². The highest BCUT2D eigenvalue weighted by Gasteiger charge is 2.34. The van der Waals surface area contributed by atoms with E-state index in [-0.39, 0.29) is 17.4 Å². The van der Waals surface area contributed by atoms with Gasteiger partial charge in [0, 0.05) is 12.0 Å². The van der Waals surface area contributed by atoms with Crippen molar-refractivity contribution in [2.45, 2.75) is 31.9 Å². The van der Waals surface area contributed by atoms with E-state index in [4.69, 9.17) is 9.84 Å². The van der Waals surface area contributed by atoms with Crippen LogP contribution in [0.5, 0.6) is 5.75 Å². The quantitative estimate of drug-likeness (QED) is 0.896. The minimum atomic E-state index is -1.19. The molecule has 1 aromatic heterocycles. The van der Waals surface area contributed by atoms with Crippen molar-refractivity contribution in [3.05, 3.63) is 53.6 Å². The monoisotopic (exact) mass is 327 g/mol. The number of para-hydroxylation sites is 1. The summed E-state index contributed by atoms with van der Waals surface area (Å²) >= 11 is 0. The summed E-state index contributed by atoms with van der Waals surface area (Å²) in [6.07, 6.45) is 2.84. The third kappa shape index (κ3) is 3.19. The fourth-order valence-electron chi connectivity index (χ4n) is 2.72. The molecule has 1 aliphatic heterocycles. The Morgan fingerprint density at radius 1 is 1.21 bits per heavy atom. The first-order chi connectivity index (χ1) is 11.4. The number of ether oxygens (including phenoxy) is 1. The molecule has 0 saturated heterocycles. The number of aromatic nitrogens is 2. The summed E-state index contributed by atoms with van der Waals surface area (Å²) in [5.74, 6) is -0.849. The van der Waals surface area contributed by atoms with Gasteiger partial charge < -0.3 is 15.2 Å². The lowest BCUT2D eigenvalue weighted by molar-refractivity contribution is 0.0615. The minimum absolute atomic E-state index is 0.0711. The van der Waals surface area contributed by atoms with E-state index in [1.54, 1.807) is 0 Å². The molecular weight excluding hydrogens is 310 g/mol. The third-order valence-corrected chi connectivity index (χ3v) is 3.79. The summed E-state index contributed by atoms with van der Waals surface area (Å²) in [4.78, 5) is 30.8. The van der Waals surface area contributed by atoms with Crippen LogP contribution >= 0.6 is 0 Å². The van der Waals surface area contributed by atoms with Crippen molar-refractivity contribution in [2.75, 3.05) is 0 Å². The van der Waals surface area contributed by atoms with Crippen LogP contribution in [0.25, 0.3) is 0 Å². The van der Waals surface area contributed by atoms with Gasteiger partial charge in [0.15, 0.2) is 5.69 Å². The number of carbonyl (C=O) groups is 2. The molecule has 0 aliphatic carbocycles. The highest BCUT2D eigenvalue weighted by atomic mass is 16.5. The van der Waals surface area contributed by atoms with Crippen molar-refractivity contribution in [1.29, 1.82) is 0 Å². The molecule has 1 amide bonds. The first-order valence-electron chi connectivity index (χ1n) is 7.50. The van der Waals surface area contributed by atoms with Gasteiger partial charge in [0.05, 0.1) is 18.4 Å². The van der Waals surface area contributed by atoms with Crippen molar-refractivity contribution >= 4 is 11.9 Å². The van der Waals surface area contributed by atoms with E-state index < -0.39 is 17.5 Å². The first-order valence-corrected chi connectivity index (χ1v) is 7.50. The lowest BCUT2D eigenvalue weighted by Gasteiger charge is -2.37. The molecule has 1 aromatic carbocycles. The number of aromatic carboxylic acids is 1. The molecule has 24 heavy (non-hydrogen) atoms. The maximum Gasteiger partial charge on any atom is 0.356 e. The van der Waals surface area contributed by atoms with Gasteiger partial charge in [0.25, 0.3) is 5.91 Å². The van der Waals surface area contributed by atoms with Gasteiger partial charge in [-0.2, -0.15) is 0 Å². The Morgan fingerprint density at radius 2 is 1.88 bits per heavy atom. The van der Waals surface area contributed by atoms with Gasteiger partial charge in [-0.25, -0.2) is 14.8 Å². The van der Waals surface area contributed by atoms with Gasteiger partial charge in [0.2, 0.25) is 0 Å². The summed E-state index contributed by atoms with van der Waals surface area (Å²) in [7, 11) is 0. The smallest absolute Gasteiger partial charge is 0.356 e. The molecule has 2 aromatic rings. The lowest BCUT2D eigenvalue weighted by Crippen LogP contribution is -2.41. The van der Waals surface area contributed by atoms with E-state index >= 15 is 0 Å². The zero-order valence-electron chi connectivity index (χ0n) is 13.3. The Kier molecular flexibility index (Phi) is 3.92. The third-order valence-electron chi connectivity index (χ3n) is 3.79. The molecule has 7 heteroatoms. The van der Waals surface area contributed by atoms with Crippen LogP contribution in [0.2, 0.25) is 0 Å². The number of carbonyl (C=O) groups excluding carboxylic acids is 1. The molecule has 2 heterocycles. The number of hydrogen-bond acceptors (Lipinski definition) is 5. The molecule has 1 aliphatic rings. The number of fused-ring (bicyclic) bond motifs is 1. The van der Waals surface area contributed by atoms with Crippen LogP contribution in [0.4, 0.5) is 0 Å². The van der Waals surface area contributed by atoms with Crippen molar-refractivity contribution in [2.24, 2.45) is 0 Å². The Bertz CT molecular complexity index is 787. The van der Waals surface area contributed by atoms with Crippen LogP contribution in [-0.2, 0) is 0 Å². The molecule has 0 radical (unpaired) electrons. The number of hydrogen-bond donors (Lipinski definition) is 2. The van der Waals surface area contributed by atoms with Crippen LogP contribution in [0.15, 0.2) is 36.7 Å². The summed E-state index contributed by atoms with van der Waals surface area (Å²) in [6, 6.07) is 7.33. The van der Waals surface area contributed by atoms with Crippen molar-refractivity contribution in [1.82, 2.24) is 15.3 Å². The molecule has 0 bridgehead atoms. The molecule has 3 rings (SSSR count). The fraction of sp³-hybridized carbons (Fsp3) is 0.294. The van der Waals surface area contributed by atoms with Crippen LogP contribution in [-0.4, -0.2) is 32.6 Å². The zero-order chi connectivity index (χ0) is 17.3. The van der Waals surface area contributed by atoms with Crippen molar-refractivity contribution in [3.8, 4) is 5.75 Å². The van der Waals surface area contributed by atoms with Gasteiger partial charge in [-0.1, -0.05) is 18.2 Å². The maximum atomic E-state index is 12.4. The van der Waals surface area contributed by atoms with Gasteiger partial charge in [-0.15, -0.1) is 0 Å². The Balaban J connectivity index is 1.82. The minimum Gasteiger partial charge on any atom is -0.487 e. The second-order valence-electron chi connectivity index (χ2n) is 6.22. The number of carboxylic acids is 1. The predicted molar refractivity (Wildman–Crippen MR) is 85.0 cm³/mol. The molecule has 1 unspecified atom stereocenters. The second kappa shape index (κ2) is 5.92. The van der Waals surface area contributed by atoms with Crippen LogP contribution < -0.4 is 10.1 Å². The molecule has 2 N–H and O–H groups in total. The largest absolute Gasteiger partial charge is 0.487 e.